The Morgan fingerprint density at radius 2 is 1.95 bits per heavy atom. The first kappa shape index (κ1) is 14.5. The van der Waals surface area contributed by atoms with Gasteiger partial charge in [-0.25, -0.2) is 4.79 Å². The molecule has 1 aromatic heterocycles. The number of ether oxygens (including phenoxy) is 1. The first-order valence-electron chi connectivity index (χ1n) is 6.58. The highest BCUT2D eigenvalue weighted by molar-refractivity contribution is 5.94. The van der Waals surface area contributed by atoms with Crippen molar-refractivity contribution in [3.05, 3.63) is 30.1 Å². The fourth-order valence-electron chi connectivity index (χ4n) is 2.41. The molecule has 0 radical (unpaired) electrons. The van der Waals surface area contributed by atoms with Gasteiger partial charge in [-0.05, 0) is 30.9 Å². The van der Waals surface area contributed by atoms with E-state index in [1.807, 2.05) is 0 Å². The molecule has 0 aliphatic carbocycles. The molecule has 0 bridgehead atoms. The van der Waals surface area contributed by atoms with Gasteiger partial charge in [0.1, 0.15) is 0 Å². The number of hydrogen-bond donors (Lipinski definition) is 1. The fraction of sp³-hybridized carbons (Fsp3) is 0.500. The Balaban J connectivity index is 1.91. The van der Waals surface area contributed by atoms with Gasteiger partial charge in [-0.15, -0.1) is 0 Å². The Kier molecular flexibility index (Phi) is 4.68. The molecular weight excluding hydrogens is 260 g/mol. The first-order valence-corrected chi connectivity index (χ1v) is 6.58. The van der Waals surface area contributed by atoms with Crippen molar-refractivity contribution in [2.24, 2.45) is 5.92 Å². The molecule has 1 amide bonds. The van der Waals surface area contributed by atoms with Crippen LogP contribution in [0.3, 0.4) is 0 Å². The summed E-state index contributed by atoms with van der Waals surface area (Å²) in [6, 6.07) is 3.36. The minimum atomic E-state index is -1.10. The summed E-state index contributed by atoms with van der Waals surface area (Å²) in [5, 5.41) is 9.80. The number of hydrogen-bond acceptors (Lipinski definition) is 5. The summed E-state index contributed by atoms with van der Waals surface area (Å²) in [7, 11) is 1.26. The van der Waals surface area contributed by atoms with Crippen LogP contribution in [0.15, 0.2) is 24.5 Å². The number of likely N-dealkylation sites (tertiary alicyclic amines) is 1. The number of aromatic nitrogens is 1. The van der Waals surface area contributed by atoms with Gasteiger partial charge in [-0.3, -0.25) is 9.78 Å². The lowest BCUT2D eigenvalue weighted by molar-refractivity contribution is -0.154. The Bertz CT molecular complexity index is 469. The third kappa shape index (κ3) is 3.14. The summed E-state index contributed by atoms with van der Waals surface area (Å²) < 4.78 is 4.53. The van der Waals surface area contributed by atoms with E-state index in [9.17, 15) is 14.7 Å². The summed E-state index contributed by atoms with van der Waals surface area (Å²) in [6.07, 6.45) is 3.25. The molecule has 20 heavy (non-hydrogen) atoms. The second kappa shape index (κ2) is 6.47. The molecule has 1 aromatic rings. The standard InChI is InChI=1S/C14H18N2O4/c1-20-14(19)12(17)10-4-8-16(9-5-10)13(18)11-2-6-15-7-3-11/h2-3,6-7,10,12,17H,4-5,8-9H2,1H3. The normalized spacial score (nSPS) is 17.6. The van der Waals surface area contributed by atoms with Gasteiger partial charge in [0.25, 0.3) is 5.91 Å². The minimum absolute atomic E-state index is 0.0431. The van der Waals surface area contributed by atoms with Crippen LogP contribution in [0.1, 0.15) is 23.2 Å². The highest BCUT2D eigenvalue weighted by Gasteiger charge is 2.31. The maximum Gasteiger partial charge on any atom is 0.334 e. The van der Waals surface area contributed by atoms with Crippen LogP contribution < -0.4 is 0 Å². The number of esters is 1. The van der Waals surface area contributed by atoms with E-state index in [1.54, 1.807) is 29.4 Å². The number of pyridine rings is 1. The van der Waals surface area contributed by atoms with E-state index in [0.717, 1.165) is 0 Å². The van der Waals surface area contributed by atoms with Crippen LogP contribution in [0.5, 0.6) is 0 Å². The van der Waals surface area contributed by atoms with Gasteiger partial charge in [0, 0.05) is 31.0 Å². The second-order valence-corrected chi connectivity index (χ2v) is 4.83. The van der Waals surface area contributed by atoms with Crippen LogP contribution >= 0.6 is 0 Å². The van der Waals surface area contributed by atoms with E-state index in [-0.39, 0.29) is 11.8 Å². The number of aliphatic hydroxyl groups excluding tert-OH is 1. The molecule has 1 fully saturated rings. The molecule has 1 aliphatic heterocycles. The first-order chi connectivity index (χ1) is 9.63. The predicted molar refractivity (Wildman–Crippen MR) is 70.9 cm³/mol. The number of piperidine rings is 1. The average Bonchev–Trinajstić information content (AvgIpc) is 2.53. The number of nitrogens with zero attached hydrogens (tertiary/aromatic N) is 2. The van der Waals surface area contributed by atoms with Gasteiger partial charge in [0.15, 0.2) is 6.10 Å². The number of amides is 1. The molecule has 0 aromatic carbocycles. The van der Waals surface area contributed by atoms with Crippen molar-refractivity contribution in [3.63, 3.8) is 0 Å². The van der Waals surface area contributed by atoms with Crippen molar-refractivity contribution in [3.8, 4) is 0 Å². The average molecular weight is 278 g/mol. The van der Waals surface area contributed by atoms with Crippen molar-refractivity contribution in [1.82, 2.24) is 9.88 Å². The molecule has 1 unspecified atom stereocenters. The topological polar surface area (TPSA) is 79.7 Å². The molecule has 1 N–H and O–H groups in total. The van der Waals surface area contributed by atoms with E-state index in [1.165, 1.54) is 7.11 Å². The van der Waals surface area contributed by atoms with Gasteiger partial charge in [0.05, 0.1) is 7.11 Å². The molecule has 1 saturated heterocycles. The molecule has 6 nitrogen and oxygen atoms in total. The van der Waals surface area contributed by atoms with Crippen LogP contribution in [-0.4, -0.2) is 53.2 Å². The molecule has 2 rings (SSSR count). The van der Waals surface area contributed by atoms with Gasteiger partial charge < -0.3 is 14.7 Å². The van der Waals surface area contributed by atoms with Crippen LogP contribution in [0, 0.1) is 5.92 Å². The summed E-state index contributed by atoms with van der Waals surface area (Å²) >= 11 is 0. The van der Waals surface area contributed by atoms with Crippen molar-refractivity contribution < 1.29 is 19.4 Å². The van der Waals surface area contributed by atoms with Crippen LogP contribution in [-0.2, 0) is 9.53 Å². The maximum absolute atomic E-state index is 12.2. The molecule has 2 heterocycles. The van der Waals surface area contributed by atoms with Crippen molar-refractivity contribution in [2.45, 2.75) is 18.9 Å². The lowest BCUT2D eigenvalue weighted by Crippen LogP contribution is -2.43. The quantitative estimate of drug-likeness (QED) is 0.813. The smallest absolute Gasteiger partial charge is 0.334 e. The van der Waals surface area contributed by atoms with Crippen molar-refractivity contribution in [2.75, 3.05) is 20.2 Å². The van der Waals surface area contributed by atoms with Gasteiger partial charge in [0.2, 0.25) is 0 Å². The van der Waals surface area contributed by atoms with Crippen molar-refractivity contribution in [1.29, 1.82) is 0 Å². The largest absolute Gasteiger partial charge is 0.467 e. The van der Waals surface area contributed by atoms with Gasteiger partial charge in [-0.1, -0.05) is 0 Å². The number of carbonyl (C=O) groups excluding carboxylic acids is 2. The highest BCUT2D eigenvalue weighted by atomic mass is 16.5. The third-order valence-corrected chi connectivity index (χ3v) is 3.64. The van der Waals surface area contributed by atoms with Crippen molar-refractivity contribution >= 4 is 11.9 Å². The molecule has 0 spiro atoms. The van der Waals surface area contributed by atoms with E-state index >= 15 is 0 Å². The summed E-state index contributed by atoms with van der Waals surface area (Å²) in [5.41, 5.74) is 0.604. The Labute approximate surface area is 117 Å². The number of aliphatic hydroxyl groups is 1. The molecule has 1 aliphatic rings. The Morgan fingerprint density at radius 1 is 1.35 bits per heavy atom. The molecule has 1 atom stereocenters. The number of rotatable bonds is 3. The van der Waals surface area contributed by atoms with Gasteiger partial charge in [-0.2, -0.15) is 0 Å². The van der Waals surface area contributed by atoms with Crippen LogP contribution in [0.25, 0.3) is 0 Å². The Morgan fingerprint density at radius 3 is 2.50 bits per heavy atom. The van der Waals surface area contributed by atoms with Gasteiger partial charge >= 0.3 is 5.97 Å². The lowest BCUT2D eigenvalue weighted by Gasteiger charge is -2.33. The molecule has 0 saturated carbocycles. The zero-order valence-electron chi connectivity index (χ0n) is 11.4. The summed E-state index contributed by atoms with van der Waals surface area (Å²) in [6.45, 7) is 1.06. The zero-order valence-corrected chi connectivity index (χ0v) is 11.4. The SMILES string of the molecule is COC(=O)C(O)C1CCN(C(=O)c2ccncc2)CC1. The van der Waals surface area contributed by atoms with Crippen LogP contribution in [0.2, 0.25) is 0 Å². The molecule has 6 heteroatoms. The van der Waals surface area contributed by atoms with E-state index in [2.05, 4.69) is 9.72 Å². The Hall–Kier alpha value is -1.95. The number of carbonyl (C=O) groups is 2. The predicted octanol–water partition coefficient (Wildman–Crippen LogP) is 0.468. The monoisotopic (exact) mass is 278 g/mol. The fourth-order valence-corrected chi connectivity index (χ4v) is 2.41. The molecule has 108 valence electrons. The third-order valence-electron chi connectivity index (χ3n) is 3.64. The number of methoxy groups -OCH3 is 1. The summed E-state index contributed by atoms with van der Waals surface area (Å²) in [5.74, 6) is -0.800. The maximum atomic E-state index is 12.2. The minimum Gasteiger partial charge on any atom is -0.467 e. The van der Waals surface area contributed by atoms with Crippen LogP contribution in [0.4, 0.5) is 0 Å². The molecular formula is C14H18N2O4. The zero-order chi connectivity index (χ0) is 14.5. The summed E-state index contributed by atoms with van der Waals surface area (Å²) in [4.78, 5) is 29.1. The second-order valence-electron chi connectivity index (χ2n) is 4.83. The van der Waals surface area contributed by atoms with E-state index in [0.29, 0.717) is 31.5 Å². The highest BCUT2D eigenvalue weighted by Crippen LogP contribution is 2.22. The lowest BCUT2D eigenvalue weighted by atomic mass is 9.91. The van der Waals surface area contributed by atoms with E-state index in [4.69, 9.17) is 0 Å². The van der Waals surface area contributed by atoms with E-state index < -0.39 is 12.1 Å².